The molecule has 0 aromatic rings. The Morgan fingerprint density at radius 1 is 0.465 bits per heavy atom. The normalized spacial score (nSPS) is 19.1. The van der Waals surface area contributed by atoms with Crippen LogP contribution in [0.5, 0.6) is 0 Å². The predicted octanol–water partition coefficient (Wildman–Crippen LogP) is 17.8. The highest BCUT2D eigenvalue weighted by molar-refractivity contribution is 5.80. The van der Waals surface area contributed by atoms with E-state index in [4.69, 9.17) is 14.2 Å². The summed E-state index contributed by atoms with van der Waals surface area (Å²) in [5.74, 6) is -1.23. The molecule has 1 rings (SSSR count). The molecule has 492 valence electrons. The van der Waals surface area contributed by atoms with Crippen LogP contribution >= 0.6 is 0 Å². The predicted molar refractivity (Wildman–Crippen MR) is 361 cm³/mol. The SMILES string of the molecule is CC/C=C\C/C=C\C/C=C\C/C=C\C/C=C\C/C=C\CCCCCCC(=O)OC1C(OCC(NC(=O)C(O)CCCCCCCCCCC/C=C\C/C=C\C/C=C\CCCCC)C(O)/C=C/CCCCCCCCCCCC)OC(CO)C(O)C1O. The second kappa shape index (κ2) is 61.3. The van der Waals surface area contributed by atoms with Crippen molar-refractivity contribution in [2.75, 3.05) is 13.2 Å². The summed E-state index contributed by atoms with van der Waals surface area (Å²) < 4.78 is 17.7. The van der Waals surface area contributed by atoms with Gasteiger partial charge in [-0.05, 0) is 116 Å². The summed E-state index contributed by atoms with van der Waals surface area (Å²) in [5, 5.41) is 57.2. The van der Waals surface area contributed by atoms with Gasteiger partial charge in [-0.15, -0.1) is 0 Å². The van der Waals surface area contributed by atoms with Crippen LogP contribution in [0, 0.1) is 0 Å². The number of aliphatic hydroxyl groups excluding tert-OH is 5. The van der Waals surface area contributed by atoms with Crippen molar-refractivity contribution in [2.45, 2.75) is 327 Å². The Bertz CT molecular complexity index is 1860. The van der Waals surface area contributed by atoms with E-state index >= 15 is 0 Å². The van der Waals surface area contributed by atoms with Crippen LogP contribution in [0.3, 0.4) is 0 Å². The summed E-state index contributed by atoms with van der Waals surface area (Å²) in [6.45, 7) is 5.64. The van der Waals surface area contributed by atoms with Gasteiger partial charge in [0.2, 0.25) is 5.91 Å². The Kier molecular flexibility index (Phi) is 57.1. The molecule has 1 amide bonds. The van der Waals surface area contributed by atoms with E-state index in [1.54, 1.807) is 6.08 Å². The van der Waals surface area contributed by atoms with E-state index in [9.17, 15) is 35.1 Å². The lowest BCUT2D eigenvalue weighted by molar-refractivity contribution is -0.305. The van der Waals surface area contributed by atoms with E-state index in [0.717, 1.165) is 128 Å². The van der Waals surface area contributed by atoms with Gasteiger partial charge in [0, 0.05) is 6.42 Å². The smallest absolute Gasteiger partial charge is 0.306 e. The van der Waals surface area contributed by atoms with Crippen LogP contribution < -0.4 is 5.32 Å². The van der Waals surface area contributed by atoms with Crippen molar-refractivity contribution >= 4 is 11.9 Å². The maximum Gasteiger partial charge on any atom is 0.306 e. The lowest BCUT2D eigenvalue weighted by atomic mass is 9.99. The average Bonchev–Trinajstić information content (AvgIpc) is 3.39. The second-order valence-corrected chi connectivity index (χ2v) is 23.5. The van der Waals surface area contributed by atoms with Crippen LogP contribution in [0.15, 0.2) is 122 Å². The summed E-state index contributed by atoms with van der Waals surface area (Å²) in [6.07, 6.45) is 75.1. The lowest BCUT2D eigenvalue weighted by Crippen LogP contribution is -2.61. The highest BCUT2D eigenvalue weighted by Gasteiger charge is 2.47. The summed E-state index contributed by atoms with van der Waals surface area (Å²) in [5.41, 5.74) is 0. The summed E-state index contributed by atoms with van der Waals surface area (Å²) >= 11 is 0. The molecule has 8 atom stereocenters. The van der Waals surface area contributed by atoms with Gasteiger partial charge >= 0.3 is 5.97 Å². The number of esters is 1. The molecule has 86 heavy (non-hydrogen) atoms. The Morgan fingerprint density at radius 3 is 1.28 bits per heavy atom. The fraction of sp³-hybridized carbons (Fsp3) is 0.707. The van der Waals surface area contributed by atoms with Crippen LogP contribution in [0.1, 0.15) is 278 Å². The largest absolute Gasteiger partial charge is 0.454 e. The van der Waals surface area contributed by atoms with Crippen molar-refractivity contribution in [3.05, 3.63) is 122 Å². The maximum absolute atomic E-state index is 13.5. The Labute approximate surface area is 525 Å². The Morgan fingerprint density at radius 2 is 0.837 bits per heavy atom. The lowest BCUT2D eigenvalue weighted by Gasteiger charge is -2.41. The number of carbonyl (C=O) groups is 2. The zero-order chi connectivity index (χ0) is 62.4. The second-order valence-electron chi connectivity index (χ2n) is 23.5. The zero-order valence-electron chi connectivity index (χ0n) is 54.6. The van der Waals surface area contributed by atoms with E-state index in [1.807, 2.05) is 6.08 Å². The van der Waals surface area contributed by atoms with Crippen LogP contribution in [0.2, 0.25) is 0 Å². The maximum atomic E-state index is 13.5. The first kappa shape index (κ1) is 80.1. The summed E-state index contributed by atoms with van der Waals surface area (Å²) in [6, 6.07) is -1.04. The van der Waals surface area contributed by atoms with Gasteiger partial charge in [-0.2, -0.15) is 0 Å². The fourth-order valence-corrected chi connectivity index (χ4v) is 10.1. The molecule has 1 heterocycles. The van der Waals surface area contributed by atoms with Gasteiger partial charge in [0.15, 0.2) is 12.4 Å². The third-order valence-corrected chi connectivity index (χ3v) is 15.6. The van der Waals surface area contributed by atoms with Crippen LogP contribution in [0.25, 0.3) is 0 Å². The highest BCUT2D eigenvalue weighted by atomic mass is 16.7. The molecule has 1 saturated heterocycles. The van der Waals surface area contributed by atoms with E-state index in [2.05, 4.69) is 135 Å². The first-order valence-corrected chi connectivity index (χ1v) is 34.8. The molecule has 0 bridgehead atoms. The van der Waals surface area contributed by atoms with E-state index in [0.29, 0.717) is 12.8 Å². The zero-order valence-corrected chi connectivity index (χ0v) is 54.6. The first-order chi connectivity index (χ1) is 42.2. The van der Waals surface area contributed by atoms with Crippen molar-refractivity contribution in [1.29, 1.82) is 0 Å². The molecule has 0 radical (unpaired) electrons. The number of carbonyl (C=O) groups excluding carboxylic acids is 2. The molecular weight excluding hydrogens is 1070 g/mol. The third-order valence-electron chi connectivity index (χ3n) is 15.6. The molecule has 8 unspecified atom stereocenters. The molecule has 0 aromatic carbocycles. The standard InChI is InChI=1S/C75H127NO10/c1-4-7-10-13-16-19-22-25-27-29-31-33-35-37-39-41-43-45-48-51-54-57-60-63-70(80)86-73-72(82)71(81)69(64-77)85-75(73)84-65-66(67(78)61-58-55-52-49-46-24-21-18-15-12-9-6-3)76-74(83)68(79)62-59-56-53-50-47-44-42-40-38-36-34-32-30-28-26-23-20-17-14-11-8-5-2/h7,10,16-17,19-20,25-28,31-34,37,39,43,45,58,61,66-69,71-73,75,77-79,81-82H,4-6,8-9,11-15,18,21-24,29-30,35-36,38,40-42,44,46-57,59-60,62-65H2,1-3H3,(H,76,83)/b10-7-,19-16-,20-17-,27-25-,28-26-,33-31-,34-32-,39-37-,45-43-,61-58+. The monoisotopic (exact) mass is 1200 g/mol. The van der Waals surface area contributed by atoms with Crippen molar-refractivity contribution in [2.24, 2.45) is 0 Å². The summed E-state index contributed by atoms with van der Waals surface area (Å²) in [7, 11) is 0. The average molecular weight is 1200 g/mol. The number of nitrogens with one attached hydrogen (secondary N) is 1. The van der Waals surface area contributed by atoms with Gasteiger partial charge in [-0.1, -0.05) is 277 Å². The molecule has 1 fully saturated rings. The quantitative estimate of drug-likeness (QED) is 0.0195. The number of ether oxygens (including phenoxy) is 3. The molecule has 0 aromatic heterocycles. The molecule has 1 aliphatic rings. The number of amides is 1. The van der Waals surface area contributed by atoms with E-state index in [1.165, 1.54) is 103 Å². The Balaban J connectivity index is 2.63. The number of rotatable bonds is 58. The van der Waals surface area contributed by atoms with Gasteiger partial charge in [-0.25, -0.2) is 0 Å². The van der Waals surface area contributed by atoms with Crippen molar-refractivity contribution in [3.8, 4) is 0 Å². The number of hydrogen-bond acceptors (Lipinski definition) is 10. The number of hydrogen-bond donors (Lipinski definition) is 6. The molecule has 6 N–H and O–H groups in total. The number of unbranched alkanes of at least 4 members (excludes halogenated alkanes) is 26. The van der Waals surface area contributed by atoms with Gasteiger partial charge in [-0.3, -0.25) is 9.59 Å². The number of allylic oxidation sites excluding steroid dienone is 19. The minimum atomic E-state index is -1.63. The van der Waals surface area contributed by atoms with E-state index < -0.39 is 67.4 Å². The molecule has 1 aliphatic heterocycles. The number of aliphatic hydroxyl groups is 5. The van der Waals surface area contributed by atoms with Crippen LogP contribution in [-0.4, -0.2) is 99.6 Å². The first-order valence-electron chi connectivity index (χ1n) is 34.8. The van der Waals surface area contributed by atoms with Crippen molar-refractivity contribution < 1.29 is 49.3 Å². The minimum Gasteiger partial charge on any atom is -0.454 e. The van der Waals surface area contributed by atoms with Crippen molar-refractivity contribution in [3.63, 3.8) is 0 Å². The van der Waals surface area contributed by atoms with Crippen LogP contribution in [-0.2, 0) is 23.8 Å². The van der Waals surface area contributed by atoms with Gasteiger partial charge in [0.25, 0.3) is 0 Å². The highest BCUT2D eigenvalue weighted by Crippen LogP contribution is 2.26. The Hall–Kier alpha value is -3.94. The fourth-order valence-electron chi connectivity index (χ4n) is 10.1. The minimum absolute atomic E-state index is 0.0870. The molecule has 11 heteroatoms. The van der Waals surface area contributed by atoms with Gasteiger partial charge in [0.1, 0.15) is 24.4 Å². The molecule has 0 saturated carbocycles. The molecule has 11 nitrogen and oxygen atoms in total. The van der Waals surface area contributed by atoms with Gasteiger partial charge < -0.3 is 45.1 Å². The summed E-state index contributed by atoms with van der Waals surface area (Å²) in [4.78, 5) is 26.7. The molecular formula is C75H127NO10. The van der Waals surface area contributed by atoms with E-state index in [-0.39, 0.29) is 19.4 Å². The molecule has 0 spiro atoms. The topological polar surface area (TPSA) is 175 Å². The van der Waals surface area contributed by atoms with Crippen LogP contribution in [0.4, 0.5) is 0 Å². The van der Waals surface area contributed by atoms with Crippen molar-refractivity contribution in [1.82, 2.24) is 5.32 Å². The van der Waals surface area contributed by atoms with Gasteiger partial charge in [0.05, 0.1) is 25.4 Å². The third kappa shape index (κ3) is 48.0. The molecule has 0 aliphatic carbocycles.